The summed E-state index contributed by atoms with van der Waals surface area (Å²) >= 11 is 2.22. The number of benzene rings is 1. The fourth-order valence-electron chi connectivity index (χ4n) is 1.42. The normalized spacial score (nSPS) is 12.3. The van der Waals surface area contributed by atoms with Crippen LogP contribution in [0.3, 0.4) is 0 Å². The summed E-state index contributed by atoms with van der Waals surface area (Å²) in [6.45, 7) is 0. The van der Waals surface area contributed by atoms with Crippen LogP contribution in [-0.2, 0) is 11.2 Å². The molecule has 0 bridgehead atoms. The monoisotopic (exact) mass is 358 g/mol. The first-order chi connectivity index (χ1) is 8.56. The van der Waals surface area contributed by atoms with E-state index in [2.05, 4.69) is 32.9 Å². The third kappa shape index (κ3) is 3.05. The zero-order valence-electron chi connectivity index (χ0n) is 9.32. The summed E-state index contributed by atoms with van der Waals surface area (Å²) in [6, 6.07) is 6.79. The van der Waals surface area contributed by atoms with Gasteiger partial charge in [0.15, 0.2) is 0 Å². The maximum atomic E-state index is 10.6. The lowest BCUT2D eigenvalue weighted by Crippen LogP contribution is -2.32. The molecule has 0 spiro atoms. The maximum absolute atomic E-state index is 10.6. The van der Waals surface area contributed by atoms with Crippen LogP contribution in [0.2, 0.25) is 0 Å². The van der Waals surface area contributed by atoms with Crippen molar-refractivity contribution in [3.05, 3.63) is 39.7 Å². The molecule has 0 fully saturated rings. The van der Waals surface area contributed by atoms with E-state index in [9.17, 15) is 4.79 Å². The molecule has 0 aliphatic rings. The molecule has 0 saturated heterocycles. The van der Waals surface area contributed by atoms with E-state index in [0.717, 1.165) is 9.26 Å². The number of nitrogens with zero attached hydrogens (tertiary/aromatic N) is 3. The topological polar surface area (TPSA) is 94.0 Å². The van der Waals surface area contributed by atoms with Crippen LogP contribution < -0.4 is 5.73 Å². The molecule has 7 heteroatoms. The molecule has 1 aromatic heterocycles. The molecule has 0 radical (unpaired) electrons. The second-order valence-corrected chi connectivity index (χ2v) is 5.03. The number of carbonyl (C=O) groups is 1. The summed E-state index contributed by atoms with van der Waals surface area (Å²) in [5.41, 5.74) is 6.87. The van der Waals surface area contributed by atoms with Crippen LogP contribution in [0.5, 0.6) is 0 Å². The van der Waals surface area contributed by atoms with Crippen molar-refractivity contribution in [2.45, 2.75) is 12.5 Å². The second-order valence-electron chi connectivity index (χ2n) is 3.78. The third-order valence-corrected chi connectivity index (χ3v) is 3.10. The highest BCUT2D eigenvalue weighted by Gasteiger charge is 2.14. The van der Waals surface area contributed by atoms with Crippen molar-refractivity contribution in [3.8, 4) is 5.69 Å². The summed E-state index contributed by atoms with van der Waals surface area (Å²) in [4.78, 5) is 10.6. The van der Waals surface area contributed by atoms with E-state index in [0.29, 0.717) is 5.69 Å². The number of aliphatic carboxylic acids is 1. The predicted octanol–water partition coefficient (Wildman–Crippen LogP) is 0.826. The summed E-state index contributed by atoms with van der Waals surface area (Å²) in [6.07, 6.45) is 1.85. The van der Waals surface area contributed by atoms with Crippen molar-refractivity contribution >= 4 is 28.6 Å². The first-order valence-electron chi connectivity index (χ1n) is 5.22. The van der Waals surface area contributed by atoms with Crippen LogP contribution in [0.4, 0.5) is 0 Å². The molecule has 0 saturated carbocycles. The van der Waals surface area contributed by atoms with Gasteiger partial charge in [0.2, 0.25) is 0 Å². The Hall–Kier alpha value is -1.48. The van der Waals surface area contributed by atoms with E-state index in [-0.39, 0.29) is 6.42 Å². The van der Waals surface area contributed by atoms with Crippen LogP contribution in [0.1, 0.15) is 5.69 Å². The number of carboxylic acids is 1. The van der Waals surface area contributed by atoms with Gasteiger partial charge in [0.25, 0.3) is 0 Å². The van der Waals surface area contributed by atoms with Crippen LogP contribution in [0, 0.1) is 3.57 Å². The Morgan fingerprint density at radius 1 is 1.44 bits per heavy atom. The lowest BCUT2D eigenvalue weighted by molar-refractivity contribution is -0.138. The van der Waals surface area contributed by atoms with Crippen molar-refractivity contribution in [2.24, 2.45) is 5.73 Å². The number of aromatic nitrogens is 3. The van der Waals surface area contributed by atoms with Crippen molar-refractivity contribution in [3.63, 3.8) is 0 Å². The smallest absolute Gasteiger partial charge is 0.320 e. The van der Waals surface area contributed by atoms with Gasteiger partial charge >= 0.3 is 5.97 Å². The van der Waals surface area contributed by atoms with E-state index >= 15 is 0 Å². The molecule has 0 amide bonds. The highest BCUT2D eigenvalue weighted by Crippen LogP contribution is 2.11. The SMILES string of the molecule is NC(Cc1cn(-c2ccc(I)cc2)nn1)C(=O)O. The number of hydrogen-bond acceptors (Lipinski definition) is 4. The van der Waals surface area contributed by atoms with Crippen molar-refractivity contribution < 1.29 is 9.90 Å². The number of carboxylic acid groups (broad SMARTS) is 1. The number of hydrogen-bond donors (Lipinski definition) is 2. The fraction of sp³-hybridized carbons (Fsp3) is 0.182. The zero-order chi connectivity index (χ0) is 13.1. The molecule has 0 aliphatic heterocycles. The molecule has 3 N–H and O–H groups in total. The maximum Gasteiger partial charge on any atom is 0.320 e. The Morgan fingerprint density at radius 2 is 2.11 bits per heavy atom. The molecule has 94 valence electrons. The first-order valence-corrected chi connectivity index (χ1v) is 6.29. The van der Waals surface area contributed by atoms with Crippen LogP contribution >= 0.6 is 22.6 Å². The summed E-state index contributed by atoms with van der Waals surface area (Å²) < 4.78 is 2.73. The Bertz CT molecular complexity index is 552. The fourth-order valence-corrected chi connectivity index (χ4v) is 1.78. The summed E-state index contributed by atoms with van der Waals surface area (Å²) in [7, 11) is 0. The molecule has 2 rings (SSSR count). The largest absolute Gasteiger partial charge is 0.480 e. The quantitative estimate of drug-likeness (QED) is 0.790. The standard InChI is InChI=1S/C11H11IN4O2/c12-7-1-3-9(4-2-7)16-6-8(14-15-16)5-10(13)11(17)18/h1-4,6,10H,5,13H2,(H,17,18). The van der Waals surface area contributed by atoms with E-state index < -0.39 is 12.0 Å². The zero-order valence-corrected chi connectivity index (χ0v) is 11.5. The molecule has 2 aromatic rings. The molecule has 0 aliphatic carbocycles. The van der Waals surface area contributed by atoms with Crippen LogP contribution in [0.25, 0.3) is 5.69 Å². The van der Waals surface area contributed by atoms with Gasteiger partial charge in [-0.05, 0) is 46.9 Å². The van der Waals surface area contributed by atoms with Gasteiger partial charge in [0, 0.05) is 9.99 Å². The van der Waals surface area contributed by atoms with Gasteiger partial charge in [-0.15, -0.1) is 5.10 Å². The van der Waals surface area contributed by atoms with Gasteiger partial charge in [-0.1, -0.05) is 5.21 Å². The predicted molar refractivity (Wildman–Crippen MR) is 73.4 cm³/mol. The third-order valence-electron chi connectivity index (χ3n) is 2.38. The van der Waals surface area contributed by atoms with Gasteiger partial charge in [0.1, 0.15) is 6.04 Å². The minimum absolute atomic E-state index is 0.166. The molecule has 1 unspecified atom stereocenters. The molecule has 1 aromatic carbocycles. The molecule has 18 heavy (non-hydrogen) atoms. The Balaban J connectivity index is 2.15. The number of rotatable bonds is 4. The second kappa shape index (κ2) is 5.44. The molecule has 1 atom stereocenters. The molecule has 6 nitrogen and oxygen atoms in total. The van der Waals surface area contributed by atoms with Crippen LogP contribution in [0.15, 0.2) is 30.5 Å². The number of nitrogens with two attached hydrogens (primary N) is 1. The molecular weight excluding hydrogens is 347 g/mol. The van der Waals surface area contributed by atoms with E-state index in [4.69, 9.17) is 10.8 Å². The van der Waals surface area contributed by atoms with Crippen molar-refractivity contribution in [1.82, 2.24) is 15.0 Å². The van der Waals surface area contributed by atoms with Gasteiger partial charge in [-0.3, -0.25) is 4.79 Å². The Labute approximate surface area is 117 Å². The lowest BCUT2D eigenvalue weighted by Gasteiger charge is -2.01. The van der Waals surface area contributed by atoms with Crippen molar-refractivity contribution in [2.75, 3.05) is 0 Å². The summed E-state index contributed by atoms with van der Waals surface area (Å²) in [5, 5.41) is 16.6. The molecular formula is C11H11IN4O2. The van der Waals surface area contributed by atoms with E-state index in [1.165, 1.54) is 0 Å². The lowest BCUT2D eigenvalue weighted by atomic mass is 10.2. The van der Waals surface area contributed by atoms with E-state index in [1.807, 2.05) is 24.3 Å². The first kappa shape index (κ1) is 13.0. The van der Waals surface area contributed by atoms with Crippen LogP contribution in [-0.4, -0.2) is 32.1 Å². The minimum Gasteiger partial charge on any atom is -0.480 e. The Morgan fingerprint density at radius 3 is 2.72 bits per heavy atom. The molecule has 1 heterocycles. The van der Waals surface area contributed by atoms with Gasteiger partial charge in [0.05, 0.1) is 17.6 Å². The highest BCUT2D eigenvalue weighted by molar-refractivity contribution is 14.1. The average molecular weight is 358 g/mol. The van der Waals surface area contributed by atoms with Gasteiger partial charge in [-0.25, -0.2) is 4.68 Å². The number of halogens is 1. The van der Waals surface area contributed by atoms with Crippen molar-refractivity contribution in [1.29, 1.82) is 0 Å². The Kier molecular flexibility index (Phi) is 3.92. The van der Waals surface area contributed by atoms with E-state index in [1.54, 1.807) is 10.9 Å². The summed E-state index contributed by atoms with van der Waals surface area (Å²) in [5.74, 6) is -1.04. The highest BCUT2D eigenvalue weighted by atomic mass is 127. The van der Waals surface area contributed by atoms with Gasteiger partial charge < -0.3 is 10.8 Å². The minimum atomic E-state index is -1.04. The average Bonchev–Trinajstić information content (AvgIpc) is 2.78. The van der Waals surface area contributed by atoms with Gasteiger partial charge in [-0.2, -0.15) is 0 Å².